The molecule has 4 rings (SSSR count). The van der Waals surface area contributed by atoms with Crippen molar-refractivity contribution in [2.45, 2.75) is 17.7 Å². The van der Waals surface area contributed by atoms with Crippen molar-refractivity contribution in [2.75, 3.05) is 25.2 Å². The number of phosphoric ester groups is 1. The number of phenols is 1. The van der Waals surface area contributed by atoms with Crippen molar-refractivity contribution in [1.82, 2.24) is 0 Å². The predicted octanol–water partition coefficient (Wildman–Crippen LogP) is 6.97. The molecule has 188 valence electrons. The number of nitrogens with zero attached hydrogens (tertiary/aromatic N) is 3. The molecule has 1 N–H and O–H groups in total. The van der Waals surface area contributed by atoms with Gasteiger partial charge in [0, 0.05) is 40.0 Å². The highest BCUT2D eigenvalue weighted by Gasteiger charge is 2.34. The molecule has 3 aromatic carbocycles. The molecule has 0 aromatic heterocycles. The highest BCUT2D eigenvalue weighted by Crippen LogP contribution is 2.57. The zero-order valence-electron chi connectivity index (χ0n) is 20.0. The molecule has 0 unspecified atom stereocenters. The van der Waals surface area contributed by atoms with Crippen molar-refractivity contribution in [3.05, 3.63) is 89.0 Å². The van der Waals surface area contributed by atoms with Crippen LogP contribution in [0.15, 0.2) is 82.8 Å². The van der Waals surface area contributed by atoms with Crippen molar-refractivity contribution in [2.24, 2.45) is 0 Å². The Labute approximate surface area is 219 Å². The number of thioether (sulfide) groups is 1. The minimum atomic E-state index is -4.23. The van der Waals surface area contributed by atoms with Crippen LogP contribution >= 0.6 is 19.6 Å². The SMILES string of the molecule is CN1c2ccccc2C(=C(OP(=O)(OCCC#N)OCCC#N)Sc2ccc(O)cc2)c2ccccc21. The molecule has 1 aliphatic heterocycles. The minimum absolute atomic E-state index is 0.0115. The second-order valence-corrected chi connectivity index (χ2v) is 10.5. The number of hydrogen-bond donors (Lipinski definition) is 1. The van der Waals surface area contributed by atoms with Gasteiger partial charge in [-0.2, -0.15) is 10.5 Å². The van der Waals surface area contributed by atoms with E-state index < -0.39 is 7.82 Å². The smallest absolute Gasteiger partial charge is 0.508 e. The fourth-order valence-corrected chi connectivity index (χ4v) is 6.12. The van der Waals surface area contributed by atoms with Crippen LogP contribution in [0.5, 0.6) is 5.75 Å². The van der Waals surface area contributed by atoms with E-state index in [9.17, 15) is 9.67 Å². The Bertz CT molecular complexity index is 1360. The summed E-state index contributed by atoms with van der Waals surface area (Å²) in [5.74, 6) is 0.111. The summed E-state index contributed by atoms with van der Waals surface area (Å²) in [4.78, 5) is 2.79. The number of fused-ring (bicyclic) bond motifs is 2. The van der Waals surface area contributed by atoms with E-state index in [0.29, 0.717) is 5.57 Å². The lowest BCUT2D eigenvalue weighted by atomic mass is 9.91. The number of aromatic hydroxyl groups is 1. The third kappa shape index (κ3) is 6.17. The fraction of sp³-hybridized carbons (Fsp3) is 0.185. The molecule has 0 aliphatic carbocycles. The van der Waals surface area contributed by atoms with Crippen LogP contribution in [0.2, 0.25) is 0 Å². The Morgan fingerprint density at radius 3 is 1.92 bits per heavy atom. The molecule has 3 aromatic rings. The number of anilines is 2. The first kappa shape index (κ1) is 26.3. The van der Waals surface area contributed by atoms with Gasteiger partial charge in [-0.15, -0.1) is 0 Å². The van der Waals surface area contributed by atoms with E-state index in [1.54, 1.807) is 24.3 Å². The van der Waals surface area contributed by atoms with E-state index in [1.807, 2.05) is 67.7 Å². The van der Waals surface area contributed by atoms with E-state index in [4.69, 9.17) is 24.1 Å². The molecule has 1 aliphatic rings. The first-order valence-electron chi connectivity index (χ1n) is 11.4. The van der Waals surface area contributed by atoms with E-state index in [2.05, 4.69) is 4.90 Å². The number of para-hydroxylation sites is 2. The van der Waals surface area contributed by atoms with Gasteiger partial charge in [-0.05, 0) is 36.4 Å². The van der Waals surface area contributed by atoms with Gasteiger partial charge in [0.05, 0.1) is 38.2 Å². The van der Waals surface area contributed by atoms with E-state index in [0.717, 1.165) is 27.4 Å². The average molecular weight is 534 g/mol. The zero-order chi connectivity index (χ0) is 26.3. The monoisotopic (exact) mass is 533 g/mol. The quantitative estimate of drug-likeness (QED) is 0.128. The molecule has 0 saturated heterocycles. The first-order chi connectivity index (χ1) is 18.0. The van der Waals surface area contributed by atoms with Crippen LogP contribution in [0, 0.1) is 22.7 Å². The maximum Gasteiger partial charge on any atom is 0.530 e. The number of nitriles is 2. The summed E-state index contributed by atoms with van der Waals surface area (Å²) in [6.45, 7) is -0.328. The molecule has 0 spiro atoms. The molecule has 1 heterocycles. The highest BCUT2D eigenvalue weighted by molar-refractivity contribution is 8.03. The maximum atomic E-state index is 13.8. The van der Waals surface area contributed by atoms with Gasteiger partial charge in [-0.25, -0.2) is 4.57 Å². The van der Waals surface area contributed by atoms with Crippen LogP contribution in [-0.4, -0.2) is 25.4 Å². The molecule has 10 heteroatoms. The van der Waals surface area contributed by atoms with Gasteiger partial charge in [-0.1, -0.05) is 48.2 Å². The molecule has 0 atom stereocenters. The van der Waals surface area contributed by atoms with E-state index in [1.165, 1.54) is 11.8 Å². The lowest BCUT2D eigenvalue weighted by Crippen LogP contribution is -2.18. The topological polar surface area (TPSA) is 116 Å². The van der Waals surface area contributed by atoms with Crippen molar-refractivity contribution in [1.29, 1.82) is 10.5 Å². The Kier molecular flexibility index (Phi) is 8.55. The summed E-state index contributed by atoms with van der Waals surface area (Å²) in [6, 6.07) is 26.0. The largest absolute Gasteiger partial charge is 0.530 e. The number of benzene rings is 3. The summed E-state index contributed by atoms with van der Waals surface area (Å²) in [5, 5.41) is 27.9. The Hall–Kier alpha value is -3.72. The summed E-state index contributed by atoms with van der Waals surface area (Å²) in [6.07, 6.45) is -0.0230. The van der Waals surface area contributed by atoms with Crippen molar-refractivity contribution in [3.8, 4) is 17.9 Å². The highest BCUT2D eigenvalue weighted by atomic mass is 32.2. The molecule has 0 saturated carbocycles. The Morgan fingerprint density at radius 1 is 0.892 bits per heavy atom. The molecular weight excluding hydrogens is 509 g/mol. The van der Waals surface area contributed by atoms with Crippen molar-refractivity contribution < 1.29 is 23.2 Å². The third-order valence-electron chi connectivity index (χ3n) is 5.44. The lowest BCUT2D eigenvalue weighted by molar-refractivity contribution is 0.145. The van der Waals surface area contributed by atoms with E-state index >= 15 is 0 Å². The molecular formula is C27H24N3O5PS. The molecule has 0 fully saturated rings. The van der Waals surface area contributed by atoms with Gasteiger partial charge >= 0.3 is 7.82 Å². The maximum absolute atomic E-state index is 13.8. The molecule has 37 heavy (non-hydrogen) atoms. The van der Waals surface area contributed by atoms with Crippen LogP contribution in [0.25, 0.3) is 5.57 Å². The predicted molar refractivity (Wildman–Crippen MR) is 142 cm³/mol. The van der Waals surface area contributed by atoms with Crippen LogP contribution < -0.4 is 4.90 Å². The molecule has 8 nitrogen and oxygen atoms in total. The average Bonchev–Trinajstić information content (AvgIpc) is 2.90. The first-order valence-corrected chi connectivity index (χ1v) is 13.7. The van der Waals surface area contributed by atoms with Gasteiger partial charge in [0.2, 0.25) is 0 Å². The van der Waals surface area contributed by atoms with Crippen molar-refractivity contribution in [3.63, 3.8) is 0 Å². The second-order valence-electron chi connectivity index (χ2n) is 7.87. The molecule has 0 bridgehead atoms. The number of rotatable bonds is 10. The third-order valence-corrected chi connectivity index (χ3v) is 7.95. The summed E-state index contributed by atoms with van der Waals surface area (Å²) < 4.78 is 30.8. The standard InChI is InChI=1S/C27H24N3O5PS/c1-30-24-10-4-2-8-22(24)26(23-9-3-5-11-25(23)30)27(37-21-14-12-20(31)13-15-21)35-36(32,33-18-6-16-28)34-19-7-17-29/h2-5,8-15,31H,6-7,18-19H2,1H3. The van der Waals surface area contributed by atoms with Crippen LogP contribution in [0.3, 0.4) is 0 Å². The number of phosphoric acid groups is 1. The van der Waals surface area contributed by atoms with E-state index in [-0.39, 0.29) is 36.9 Å². The van der Waals surface area contributed by atoms with Crippen molar-refractivity contribution >= 4 is 36.5 Å². The zero-order valence-corrected chi connectivity index (χ0v) is 21.7. The van der Waals surface area contributed by atoms with Crippen LogP contribution in [0.4, 0.5) is 11.4 Å². The van der Waals surface area contributed by atoms with Gasteiger partial charge in [0.15, 0.2) is 5.09 Å². The van der Waals surface area contributed by atoms with Gasteiger partial charge in [0.1, 0.15) is 5.75 Å². The number of hydrogen-bond acceptors (Lipinski definition) is 9. The summed E-state index contributed by atoms with van der Waals surface area (Å²) >= 11 is 1.20. The number of phenolic OH excluding ortho intramolecular Hbond substituents is 1. The normalized spacial score (nSPS) is 12.2. The van der Waals surface area contributed by atoms with Crippen LogP contribution in [0.1, 0.15) is 24.0 Å². The molecule has 0 radical (unpaired) electrons. The summed E-state index contributed by atoms with van der Waals surface area (Å²) in [5.41, 5.74) is 4.25. The second kappa shape index (κ2) is 12.0. The van der Waals surface area contributed by atoms with Crippen LogP contribution in [-0.2, 0) is 18.1 Å². The van der Waals surface area contributed by atoms with Gasteiger partial charge < -0.3 is 14.5 Å². The lowest BCUT2D eigenvalue weighted by Gasteiger charge is -2.33. The van der Waals surface area contributed by atoms with Gasteiger partial charge in [0.25, 0.3) is 0 Å². The minimum Gasteiger partial charge on any atom is -0.508 e. The molecule has 0 amide bonds. The Balaban J connectivity index is 1.89. The van der Waals surface area contributed by atoms with Gasteiger partial charge in [-0.3, -0.25) is 9.05 Å². The fourth-order valence-electron chi connectivity index (χ4n) is 3.78. The summed E-state index contributed by atoms with van der Waals surface area (Å²) in [7, 11) is -2.26. The Morgan fingerprint density at radius 2 is 1.41 bits per heavy atom.